The van der Waals surface area contributed by atoms with Crippen LogP contribution in [0.15, 0.2) is 6.20 Å². The number of carbonyl (C=O) groups excluding carboxylic acids is 2. The van der Waals surface area contributed by atoms with Gasteiger partial charge in [-0.1, -0.05) is 0 Å². The van der Waals surface area contributed by atoms with Gasteiger partial charge in [0, 0.05) is 43.2 Å². The van der Waals surface area contributed by atoms with Crippen LogP contribution < -0.4 is 5.32 Å². The van der Waals surface area contributed by atoms with Crippen molar-refractivity contribution in [2.24, 2.45) is 5.92 Å². The number of anilines is 1. The van der Waals surface area contributed by atoms with Gasteiger partial charge in [-0.3, -0.25) is 14.5 Å². The van der Waals surface area contributed by atoms with Crippen molar-refractivity contribution in [2.45, 2.75) is 26.2 Å². The molecule has 1 aliphatic carbocycles. The van der Waals surface area contributed by atoms with Gasteiger partial charge in [0.2, 0.25) is 11.8 Å². The summed E-state index contributed by atoms with van der Waals surface area (Å²) in [7, 11) is 0. The first-order valence-electron chi connectivity index (χ1n) is 8.93. The first-order chi connectivity index (χ1) is 12.1. The highest BCUT2D eigenvalue weighted by atomic mass is 32.1. The van der Waals surface area contributed by atoms with E-state index in [4.69, 9.17) is 4.74 Å². The molecule has 25 heavy (non-hydrogen) atoms. The zero-order valence-corrected chi connectivity index (χ0v) is 15.5. The highest BCUT2D eigenvalue weighted by molar-refractivity contribution is 7.15. The number of hydrogen-bond donors (Lipinski definition) is 1. The Morgan fingerprint density at radius 3 is 2.80 bits per heavy atom. The molecule has 138 valence electrons. The number of morpholine rings is 1. The lowest BCUT2D eigenvalue weighted by Crippen LogP contribution is -2.42. The van der Waals surface area contributed by atoms with E-state index in [0.717, 1.165) is 57.0 Å². The first kappa shape index (κ1) is 18.3. The zero-order chi connectivity index (χ0) is 17.6. The van der Waals surface area contributed by atoms with Gasteiger partial charge >= 0.3 is 0 Å². The van der Waals surface area contributed by atoms with Crippen molar-refractivity contribution in [3.63, 3.8) is 0 Å². The van der Waals surface area contributed by atoms with E-state index >= 15 is 0 Å². The molecule has 2 heterocycles. The molecule has 8 heteroatoms. The van der Waals surface area contributed by atoms with E-state index in [2.05, 4.69) is 15.2 Å². The normalized spacial score (nSPS) is 18.1. The number of ether oxygens (including phenoxy) is 1. The molecule has 1 saturated heterocycles. The quantitative estimate of drug-likeness (QED) is 0.752. The van der Waals surface area contributed by atoms with Gasteiger partial charge in [0.05, 0.1) is 19.8 Å². The van der Waals surface area contributed by atoms with Gasteiger partial charge in [0.15, 0.2) is 5.13 Å². The average Bonchev–Trinajstić information content (AvgIpc) is 3.37. The Kier molecular flexibility index (Phi) is 6.39. The lowest BCUT2D eigenvalue weighted by molar-refractivity contribution is -0.136. The summed E-state index contributed by atoms with van der Waals surface area (Å²) in [6.07, 6.45) is 4.51. The van der Waals surface area contributed by atoms with E-state index in [9.17, 15) is 9.59 Å². The molecule has 3 rings (SSSR count). The third-order valence-corrected chi connectivity index (χ3v) is 5.27. The SMILES string of the molecule is Cc1cnc(NC(=O)CN(CCCN2CCOCC2)C(=O)C2CC2)s1. The molecular formula is C17H26N4O3S. The molecule has 0 radical (unpaired) electrons. The standard InChI is InChI=1S/C17H26N4O3S/c1-13-11-18-17(25-13)19-15(22)12-21(16(23)14-3-4-14)6-2-5-20-7-9-24-10-8-20/h11,14H,2-10,12H2,1H3,(H,18,19,22). The summed E-state index contributed by atoms with van der Waals surface area (Å²) >= 11 is 1.44. The first-order valence-corrected chi connectivity index (χ1v) is 9.74. The fourth-order valence-corrected chi connectivity index (χ4v) is 3.59. The molecule has 0 atom stereocenters. The largest absolute Gasteiger partial charge is 0.379 e. The maximum Gasteiger partial charge on any atom is 0.245 e. The summed E-state index contributed by atoms with van der Waals surface area (Å²) in [5.41, 5.74) is 0. The highest BCUT2D eigenvalue weighted by Gasteiger charge is 2.34. The van der Waals surface area contributed by atoms with Crippen LogP contribution in [0.1, 0.15) is 24.1 Å². The summed E-state index contributed by atoms with van der Waals surface area (Å²) in [5.74, 6) is 0.0699. The number of aromatic nitrogens is 1. The maximum atomic E-state index is 12.5. The summed E-state index contributed by atoms with van der Waals surface area (Å²) in [6.45, 7) is 7.06. The van der Waals surface area contributed by atoms with Gasteiger partial charge in [-0.05, 0) is 26.2 Å². The number of thiazole rings is 1. The van der Waals surface area contributed by atoms with Gasteiger partial charge in [-0.25, -0.2) is 4.98 Å². The zero-order valence-electron chi connectivity index (χ0n) is 14.7. The second kappa shape index (κ2) is 8.73. The summed E-state index contributed by atoms with van der Waals surface area (Å²) in [4.78, 5) is 34.0. The number of aryl methyl sites for hydroxylation is 1. The number of nitrogens with zero attached hydrogens (tertiary/aromatic N) is 3. The lowest BCUT2D eigenvalue weighted by atomic mass is 10.2. The fraction of sp³-hybridized carbons (Fsp3) is 0.706. The number of nitrogens with one attached hydrogen (secondary N) is 1. The van der Waals surface area contributed by atoms with Crippen molar-refractivity contribution >= 4 is 28.3 Å². The summed E-state index contributed by atoms with van der Waals surface area (Å²) in [5, 5.41) is 3.39. The summed E-state index contributed by atoms with van der Waals surface area (Å²) < 4.78 is 5.35. The molecule has 0 bridgehead atoms. The monoisotopic (exact) mass is 366 g/mol. The van der Waals surface area contributed by atoms with Crippen molar-refractivity contribution in [2.75, 3.05) is 51.3 Å². The predicted octanol–water partition coefficient (Wildman–Crippen LogP) is 1.35. The third-order valence-electron chi connectivity index (χ3n) is 4.45. The summed E-state index contributed by atoms with van der Waals surface area (Å²) in [6, 6.07) is 0. The van der Waals surface area contributed by atoms with Crippen LogP contribution in [-0.2, 0) is 14.3 Å². The van der Waals surface area contributed by atoms with Gasteiger partial charge in [-0.15, -0.1) is 11.3 Å². The van der Waals surface area contributed by atoms with Crippen LogP contribution in [0.5, 0.6) is 0 Å². The number of amides is 2. The molecular weight excluding hydrogens is 340 g/mol. The lowest BCUT2D eigenvalue weighted by Gasteiger charge is -2.28. The molecule has 1 N–H and O–H groups in total. The Balaban J connectivity index is 1.48. The van der Waals surface area contributed by atoms with Crippen LogP contribution in [-0.4, -0.2) is 72.5 Å². The van der Waals surface area contributed by atoms with Crippen molar-refractivity contribution < 1.29 is 14.3 Å². The Morgan fingerprint density at radius 1 is 1.40 bits per heavy atom. The van der Waals surface area contributed by atoms with Crippen LogP contribution >= 0.6 is 11.3 Å². The van der Waals surface area contributed by atoms with E-state index in [1.54, 1.807) is 11.1 Å². The van der Waals surface area contributed by atoms with Gasteiger partial charge in [0.25, 0.3) is 0 Å². The highest BCUT2D eigenvalue weighted by Crippen LogP contribution is 2.31. The van der Waals surface area contributed by atoms with Gasteiger partial charge in [0.1, 0.15) is 0 Å². The van der Waals surface area contributed by atoms with E-state index < -0.39 is 0 Å². The van der Waals surface area contributed by atoms with E-state index in [1.807, 2.05) is 6.92 Å². The molecule has 1 saturated carbocycles. The van der Waals surface area contributed by atoms with Gasteiger partial charge < -0.3 is 15.0 Å². The van der Waals surface area contributed by atoms with Crippen LogP contribution in [0.25, 0.3) is 0 Å². The number of carbonyl (C=O) groups is 2. The minimum Gasteiger partial charge on any atom is -0.379 e. The third kappa shape index (κ3) is 5.76. The van der Waals surface area contributed by atoms with Crippen LogP contribution in [0, 0.1) is 12.8 Å². The molecule has 2 fully saturated rings. The average molecular weight is 366 g/mol. The second-order valence-electron chi connectivity index (χ2n) is 6.67. The molecule has 1 aliphatic heterocycles. The molecule has 1 aromatic rings. The Hall–Kier alpha value is -1.51. The maximum absolute atomic E-state index is 12.5. The minimum absolute atomic E-state index is 0.108. The van der Waals surface area contributed by atoms with Crippen molar-refractivity contribution in [3.8, 4) is 0 Å². The molecule has 2 amide bonds. The molecule has 0 unspecified atom stereocenters. The Morgan fingerprint density at radius 2 is 2.16 bits per heavy atom. The molecule has 0 aromatic carbocycles. The van der Waals surface area contributed by atoms with Crippen molar-refractivity contribution in [1.82, 2.24) is 14.8 Å². The van der Waals surface area contributed by atoms with Crippen LogP contribution in [0.2, 0.25) is 0 Å². The smallest absolute Gasteiger partial charge is 0.245 e. The Labute approximate surface area is 152 Å². The number of hydrogen-bond acceptors (Lipinski definition) is 6. The molecule has 2 aliphatic rings. The number of rotatable bonds is 8. The molecule has 7 nitrogen and oxygen atoms in total. The van der Waals surface area contributed by atoms with Crippen LogP contribution in [0.4, 0.5) is 5.13 Å². The topological polar surface area (TPSA) is 74.8 Å². The van der Waals surface area contributed by atoms with Gasteiger partial charge in [-0.2, -0.15) is 0 Å². The van der Waals surface area contributed by atoms with E-state index in [0.29, 0.717) is 11.7 Å². The Bertz CT molecular complexity index is 596. The minimum atomic E-state index is -0.172. The van der Waals surface area contributed by atoms with Crippen molar-refractivity contribution in [3.05, 3.63) is 11.1 Å². The second-order valence-corrected chi connectivity index (χ2v) is 7.90. The van der Waals surface area contributed by atoms with Crippen LogP contribution in [0.3, 0.4) is 0 Å². The predicted molar refractivity (Wildman–Crippen MR) is 96.7 cm³/mol. The van der Waals surface area contributed by atoms with Crippen molar-refractivity contribution in [1.29, 1.82) is 0 Å². The van der Waals surface area contributed by atoms with E-state index in [-0.39, 0.29) is 24.3 Å². The molecule has 1 aromatic heterocycles. The fourth-order valence-electron chi connectivity index (χ4n) is 2.91. The molecule has 0 spiro atoms. The van der Waals surface area contributed by atoms with E-state index in [1.165, 1.54) is 11.3 Å².